The van der Waals surface area contributed by atoms with Crippen LogP contribution in [0.25, 0.3) is 0 Å². The Hall–Kier alpha value is -1.08. The molecule has 0 radical (unpaired) electrons. The van der Waals surface area contributed by atoms with Crippen LogP contribution in [-0.4, -0.2) is 33.7 Å². The molecular weight excluding hydrogens is 307 g/mol. The maximum absolute atomic E-state index is 12.4. The van der Waals surface area contributed by atoms with Crippen molar-refractivity contribution < 1.29 is 18.3 Å². The Kier molecular flexibility index (Phi) is 5.73. The molecule has 2 rings (SSSR count). The minimum absolute atomic E-state index is 0.122. The van der Waals surface area contributed by atoms with Gasteiger partial charge in [-0.3, -0.25) is 4.68 Å². The zero-order chi connectivity index (χ0) is 17.1. The summed E-state index contributed by atoms with van der Waals surface area (Å²) in [5.74, 6) is 0.331. The van der Waals surface area contributed by atoms with Crippen molar-refractivity contribution in [3.05, 3.63) is 18.0 Å². The summed E-state index contributed by atoms with van der Waals surface area (Å²) in [7, 11) is 0. The van der Waals surface area contributed by atoms with Gasteiger partial charge < -0.3 is 10.4 Å². The number of aliphatic hydroxyl groups excluding tert-OH is 1. The first-order valence-corrected chi connectivity index (χ1v) is 8.19. The zero-order valence-corrected chi connectivity index (χ0v) is 13.7. The largest absolute Gasteiger partial charge is 0.408 e. The summed E-state index contributed by atoms with van der Waals surface area (Å²) in [5, 5.41) is 17.3. The van der Waals surface area contributed by atoms with Gasteiger partial charge in [0.05, 0.1) is 12.3 Å². The van der Waals surface area contributed by atoms with Crippen molar-refractivity contribution in [3.63, 3.8) is 0 Å². The second kappa shape index (κ2) is 7.21. The molecule has 132 valence electrons. The topological polar surface area (TPSA) is 50.1 Å². The number of nitrogens with zero attached hydrogens (tertiary/aromatic N) is 2. The molecule has 1 unspecified atom stereocenters. The third-order valence-electron chi connectivity index (χ3n) is 4.78. The Morgan fingerprint density at radius 1 is 1.35 bits per heavy atom. The van der Waals surface area contributed by atoms with Crippen LogP contribution in [0.2, 0.25) is 0 Å². The fourth-order valence-corrected chi connectivity index (χ4v) is 3.79. The predicted octanol–water partition coefficient (Wildman–Crippen LogP) is 3.11. The molecule has 0 aliphatic heterocycles. The van der Waals surface area contributed by atoms with Gasteiger partial charge in [0, 0.05) is 24.2 Å². The highest BCUT2D eigenvalue weighted by Crippen LogP contribution is 2.43. The van der Waals surface area contributed by atoms with Crippen LogP contribution >= 0.6 is 0 Å². The van der Waals surface area contributed by atoms with Crippen LogP contribution in [0.15, 0.2) is 12.3 Å². The summed E-state index contributed by atoms with van der Waals surface area (Å²) < 4.78 is 38.0. The van der Waals surface area contributed by atoms with Gasteiger partial charge in [0.25, 0.3) is 0 Å². The molecule has 1 aliphatic carbocycles. The Bertz CT molecular complexity index is 493. The third kappa shape index (κ3) is 4.70. The van der Waals surface area contributed by atoms with Crippen molar-refractivity contribution in [2.75, 3.05) is 6.61 Å². The summed E-state index contributed by atoms with van der Waals surface area (Å²) in [6, 6.07) is 1.74. The lowest BCUT2D eigenvalue weighted by Crippen LogP contribution is -2.49. The van der Waals surface area contributed by atoms with Crippen LogP contribution < -0.4 is 5.32 Å². The van der Waals surface area contributed by atoms with E-state index in [0.717, 1.165) is 30.4 Å². The first kappa shape index (κ1) is 18.3. The molecule has 1 aromatic heterocycles. The lowest BCUT2D eigenvalue weighted by atomic mass is 9.74. The van der Waals surface area contributed by atoms with Crippen LogP contribution in [0.5, 0.6) is 0 Å². The molecule has 0 saturated heterocycles. The molecule has 0 aromatic carbocycles. The van der Waals surface area contributed by atoms with Crippen molar-refractivity contribution in [1.82, 2.24) is 15.1 Å². The van der Waals surface area contributed by atoms with E-state index in [-0.39, 0.29) is 18.1 Å². The summed E-state index contributed by atoms with van der Waals surface area (Å²) in [5.41, 5.74) is 0.467. The summed E-state index contributed by atoms with van der Waals surface area (Å²) in [6.45, 7) is 3.70. The molecule has 1 saturated carbocycles. The minimum atomic E-state index is -4.26. The molecule has 1 heterocycles. The molecule has 0 bridgehead atoms. The Morgan fingerprint density at radius 2 is 2.00 bits per heavy atom. The monoisotopic (exact) mass is 333 g/mol. The van der Waals surface area contributed by atoms with E-state index in [1.165, 1.54) is 6.20 Å². The molecule has 0 amide bonds. The summed E-state index contributed by atoms with van der Waals surface area (Å²) in [4.78, 5) is 0. The van der Waals surface area contributed by atoms with Gasteiger partial charge in [0.1, 0.15) is 6.54 Å². The van der Waals surface area contributed by atoms with Crippen LogP contribution in [0.3, 0.4) is 0 Å². The number of hydrogen-bond donors (Lipinski definition) is 2. The molecular formula is C16H26F3N3O. The second-order valence-corrected chi connectivity index (χ2v) is 6.95. The highest BCUT2D eigenvalue weighted by Gasteiger charge is 2.42. The van der Waals surface area contributed by atoms with E-state index in [4.69, 9.17) is 0 Å². The first-order chi connectivity index (χ1) is 10.8. The van der Waals surface area contributed by atoms with Gasteiger partial charge in [-0.2, -0.15) is 18.3 Å². The molecule has 0 spiro atoms. The standard InChI is InChI=1S/C16H26F3N3O/c1-12(2)14(15(11-23)6-3-4-7-15)20-9-13-5-8-22(21-13)10-16(17,18)19/h5,8,12,14,20,23H,3-4,6-7,9-11H2,1-2H3. The highest BCUT2D eigenvalue weighted by atomic mass is 19.4. The average molecular weight is 333 g/mol. The van der Waals surface area contributed by atoms with Gasteiger partial charge in [-0.15, -0.1) is 0 Å². The molecule has 4 nitrogen and oxygen atoms in total. The maximum Gasteiger partial charge on any atom is 0.408 e. The summed E-state index contributed by atoms with van der Waals surface area (Å²) >= 11 is 0. The molecule has 1 fully saturated rings. The number of aromatic nitrogens is 2. The van der Waals surface area contributed by atoms with Crippen molar-refractivity contribution in [2.24, 2.45) is 11.3 Å². The Balaban J connectivity index is 1.99. The number of hydrogen-bond acceptors (Lipinski definition) is 3. The smallest absolute Gasteiger partial charge is 0.396 e. The molecule has 2 N–H and O–H groups in total. The van der Waals surface area contributed by atoms with Crippen LogP contribution in [0, 0.1) is 11.3 Å². The van der Waals surface area contributed by atoms with Gasteiger partial charge in [0.2, 0.25) is 0 Å². The van der Waals surface area contributed by atoms with Crippen molar-refractivity contribution in [1.29, 1.82) is 0 Å². The first-order valence-electron chi connectivity index (χ1n) is 8.19. The molecule has 23 heavy (non-hydrogen) atoms. The van der Waals surface area contributed by atoms with E-state index >= 15 is 0 Å². The number of rotatable bonds is 7. The molecule has 1 atom stereocenters. The Morgan fingerprint density at radius 3 is 2.52 bits per heavy atom. The van der Waals surface area contributed by atoms with Crippen molar-refractivity contribution in [3.8, 4) is 0 Å². The van der Waals surface area contributed by atoms with Crippen LogP contribution in [0.4, 0.5) is 13.2 Å². The lowest BCUT2D eigenvalue weighted by Gasteiger charge is -2.39. The van der Waals surface area contributed by atoms with E-state index in [2.05, 4.69) is 24.3 Å². The number of nitrogens with one attached hydrogen (secondary N) is 1. The van der Waals surface area contributed by atoms with Crippen molar-refractivity contribution >= 4 is 0 Å². The predicted molar refractivity (Wildman–Crippen MR) is 81.7 cm³/mol. The molecule has 1 aromatic rings. The SMILES string of the molecule is CC(C)C(NCc1ccn(CC(F)(F)F)n1)C1(CO)CCCC1. The molecule has 1 aliphatic rings. The van der Waals surface area contributed by atoms with Gasteiger partial charge in [-0.25, -0.2) is 0 Å². The third-order valence-corrected chi connectivity index (χ3v) is 4.78. The van der Waals surface area contributed by atoms with Gasteiger partial charge in [-0.05, 0) is 24.8 Å². The minimum Gasteiger partial charge on any atom is -0.396 e. The fourth-order valence-electron chi connectivity index (χ4n) is 3.79. The zero-order valence-electron chi connectivity index (χ0n) is 13.7. The molecule has 7 heteroatoms. The van der Waals surface area contributed by atoms with E-state index < -0.39 is 12.7 Å². The van der Waals surface area contributed by atoms with Crippen LogP contribution in [-0.2, 0) is 13.1 Å². The van der Waals surface area contributed by atoms with Gasteiger partial charge >= 0.3 is 6.18 Å². The number of alkyl halides is 3. The van der Waals surface area contributed by atoms with Gasteiger partial charge in [0.15, 0.2) is 0 Å². The fraction of sp³-hybridized carbons (Fsp3) is 0.812. The quantitative estimate of drug-likeness (QED) is 0.806. The van der Waals surface area contributed by atoms with E-state index in [1.807, 2.05) is 0 Å². The second-order valence-electron chi connectivity index (χ2n) is 6.95. The van der Waals surface area contributed by atoms with E-state index in [0.29, 0.717) is 18.2 Å². The van der Waals surface area contributed by atoms with Crippen LogP contribution in [0.1, 0.15) is 45.2 Å². The average Bonchev–Trinajstić information content (AvgIpc) is 3.07. The number of halogens is 3. The Labute approximate surface area is 135 Å². The van der Waals surface area contributed by atoms with Crippen molar-refractivity contribution in [2.45, 2.75) is 64.8 Å². The lowest BCUT2D eigenvalue weighted by molar-refractivity contribution is -0.142. The summed E-state index contributed by atoms with van der Waals surface area (Å²) in [6.07, 6.45) is 1.30. The maximum atomic E-state index is 12.4. The van der Waals surface area contributed by atoms with E-state index in [9.17, 15) is 18.3 Å². The number of aliphatic hydroxyl groups is 1. The van der Waals surface area contributed by atoms with E-state index in [1.54, 1.807) is 6.07 Å². The normalized spacial score (nSPS) is 19.4. The van der Waals surface area contributed by atoms with Gasteiger partial charge in [-0.1, -0.05) is 26.7 Å². The highest BCUT2D eigenvalue weighted by molar-refractivity contribution is 5.02.